The van der Waals surface area contributed by atoms with Crippen molar-refractivity contribution in [1.82, 2.24) is 9.97 Å². The van der Waals surface area contributed by atoms with Crippen LogP contribution in [0.5, 0.6) is 17.2 Å². The van der Waals surface area contributed by atoms with E-state index >= 15 is 0 Å². The van der Waals surface area contributed by atoms with Gasteiger partial charge in [0.15, 0.2) is 11.5 Å². The van der Waals surface area contributed by atoms with Gasteiger partial charge in [-0.25, -0.2) is 14.8 Å². The van der Waals surface area contributed by atoms with Gasteiger partial charge in [0.2, 0.25) is 5.95 Å². The molecule has 3 aromatic rings. The standard InChI is InChI=1S/C24H28N6O4/c1-32-18-10-11-19(34-23(26)31)22(33-2)21(18)17-12-13-27-24(29-17)28-15-6-8-16(9-7-15)30-14-4-3-5-20(30)25/h6-13,20H,3-5,14,25H2,1-2H3,(H2,26,31)(H,27,28,29). The van der Waals surface area contributed by atoms with Crippen LogP contribution in [0.4, 0.5) is 22.1 Å². The van der Waals surface area contributed by atoms with E-state index in [1.165, 1.54) is 14.2 Å². The fourth-order valence-electron chi connectivity index (χ4n) is 4.05. The highest BCUT2D eigenvalue weighted by atomic mass is 16.6. The number of carbonyl (C=O) groups excluding carboxylic acids is 1. The molecule has 0 saturated carbocycles. The summed E-state index contributed by atoms with van der Waals surface area (Å²) in [4.78, 5) is 22.5. The van der Waals surface area contributed by atoms with E-state index < -0.39 is 6.09 Å². The normalized spacial score (nSPS) is 15.5. The molecule has 10 heteroatoms. The van der Waals surface area contributed by atoms with Crippen LogP contribution in [0.15, 0.2) is 48.7 Å². The number of nitrogens with zero attached hydrogens (tertiary/aromatic N) is 3. The Labute approximate surface area is 197 Å². The van der Waals surface area contributed by atoms with Gasteiger partial charge >= 0.3 is 6.09 Å². The summed E-state index contributed by atoms with van der Waals surface area (Å²) in [5.41, 5.74) is 14.4. The first-order valence-electron chi connectivity index (χ1n) is 10.9. The molecule has 4 rings (SSSR count). The van der Waals surface area contributed by atoms with E-state index in [2.05, 4.69) is 20.2 Å². The highest BCUT2D eigenvalue weighted by Gasteiger charge is 2.21. The molecule has 1 saturated heterocycles. The summed E-state index contributed by atoms with van der Waals surface area (Å²) in [7, 11) is 2.99. The van der Waals surface area contributed by atoms with Crippen LogP contribution in [0.2, 0.25) is 0 Å². The third-order valence-corrected chi connectivity index (χ3v) is 5.63. The second-order valence-corrected chi connectivity index (χ2v) is 7.79. The van der Waals surface area contributed by atoms with Crippen LogP contribution in [-0.4, -0.2) is 43.0 Å². The average Bonchev–Trinajstić information content (AvgIpc) is 2.84. The number of hydrogen-bond acceptors (Lipinski definition) is 9. The van der Waals surface area contributed by atoms with E-state index in [4.69, 9.17) is 25.7 Å². The van der Waals surface area contributed by atoms with Crippen LogP contribution in [0.25, 0.3) is 11.3 Å². The average molecular weight is 465 g/mol. The zero-order valence-corrected chi connectivity index (χ0v) is 19.2. The fourth-order valence-corrected chi connectivity index (χ4v) is 4.05. The van der Waals surface area contributed by atoms with E-state index in [-0.39, 0.29) is 17.7 Å². The lowest BCUT2D eigenvalue weighted by Crippen LogP contribution is -2.45. The van der Waals surface area contributed by atoms with Crippen LogP contribution in [-0.2, 0) is 0 Å². The van der Waals surface area contributed by atoms with Crippen molar-refractivity contribution in [3.8, 4) is 28.5 Å². The molecule has 34 heavy (non-hydrogen) atoms. The number of nitrogens with two attached hydrogens (primary N) is 2. The molecule has 0 aliphatic carbocycles. The molecule has 1 atom stereocenters. The third-order valence-electron chi connectivity index (χ3n) is 5.63. The van der Waals surface area contributed by atoms with Gasteiger partial charge < -0.3 is 35.9 Å². The maximum absolute atomic E-state index is 11.3. The van der Waals surface area contributed by atoms with Gasteiger partial charge in [-0.1, -0.05) is 0 Å². The maximum atomic E-state index is 11.3. The molecule has 5 N–H and O–H groups in total. The number of hydrogen-bond donors (Lipinski definition) is 3. The predicted octanol–water partition coefficient (Wildman–Crippen LogP) is 3.64. The summed E-state index contributed by atoms with van der Waals surface area (Å²) in [5.74, 6) is 1.29. The highest BCUT2D eigenvalue weighted by molar-refractivity contribution is 5.80. The summed E-state index contributed by atoms with van der Waals surface area (Å²) >= 11 is 0. The number of benzene rings is 2. The molecule has 1 fully saturated rings. The van der Waals surface area contributed by atoms with E-state index in [0.29, 0.717) is 23.0 Å². The van der Waals surface area contributed by atoms with Crippen molar-refractivity contribution in [1.29, 1.82) is 0 Å². The molecule has 0 bridgehead atoms. The van der Waals surface area contributed by atoms with Crippen LogP contribution in [0, 0.1) is 0 Å². The van der Waals surface area contributed by atoms with Gasteiger partial charge in [0.25, 0.3) is 0 Å². The second-order valence-electron chi connectivity index (χ2n) is 7.79. The summed E-state index contributed by atoms with van der Waals surface area (Å²) in [5, 5.41) is 3.22. The maximum Gasteiger partial charge on any atom is 0.410 e. The lowest BCUT2D eigenvalue weighted by atomic mass is 10.1. The van der Waals surface area contributed by atoms with Crippen LogP contribution < -0.4 is 35.9 Å². The Hall–Kier alpha value is -4.05. The number of aromatic nitrogens is 2. The van der Waals surface area contributed by atoms with Gasteiger partial charge in [0.1, 0.15) is 5.75 Å². The van der Waals surface area contributed by atoms with Gasteiger partial charge in [-0.2, -0.15) is 0 Å². The largest absolute Gasteiger partial charge is 0.496 e. The number of ether oxygens (including phenoxy) is 3. The molecule has 1 aliphatic rings. The van der Waals surface area contributed by atoms with Crippen molar-refractivity contribution in [2.45, 2.75) is 25.4 Å². The van der Waals surface area contributed by atoms with Crippen molar-refractivity contribution < 1.29 is 19.0 Å². The summed E-state index contributed by atoms with van der Waals surface area (Å²) in [6.45, 7) is 0.960. The SMILES string of the molecule is COc1ccc(OC(N)=O)c(OC)c1-c1ccnc(Nc2ccc(N3CCCCC3N)cc2)n1. The molecule has 1 aliphatic heterocycles. The number of methoxy groups -OCH3 is 2. The molecule has 2 aromatic carbocycles. The van der Waals surface area contributed by atoms with Crippen molar-refractivity contribution in [3.05, 3.63) is 48.7 Å². The fraction of sp³-hybridized carbons (Fsp3) is 0.292. The Morgan fingerprint density at radius 2 is 1.82 bits per heavy atom. The second kappa shape index (κ2) is 10.3. The molecular formula is C24H28N6O4. The van der Waals surface area contributed by atoms with Gasteiger partial charge in [-0.3, -0.25) is 0 Å². The molecular weight excluding hydrogens is 436 g/mol. The predicted molar refractivity (Wildman–Crippen MR) is 130 cm³/mol. The Balaban J connectivity index is 1.61. The van der Waals surface area contributed by atoms with Crippen molar-refractivity contribution in [2.24, 2.45) is 11.5 Å². The number of rotatable bonds is 7. The van der Waals surface area contributed by atoms with Crippen molar-refractivity contribution in [3.63, 3.8) is 0 Å². The number of piperidine rings is 1. The van der Waals surface area contributed by atoms with E-state index in [0.717, 1.165) is 37.2 Å². The van der Waals surface area contributed by atoms with E-state index in [9.17, 15) is 4.79 Å². The van der Waals surface area contributed by atoms with Crippen molar-refractivity contribution >= 4 is 23.4 Å². The molecule has 178 valence electrons. The quantitative estimate of drug-likeness (QED) is 0.478. The third kappa shape index (κ3) is 4.96. The monoisotopic (exact) mass is 464 g/mol. The molecule has 1 aromatic heterocycles. The Bertz CT molecular complexity index is 1150. The number of primary amides is 1. The lowest BCUT2D eigenvalue weighted by molar-refractivity contribution is 0.208. The highest BCUT2D eigenvalue weighted by Crippen LogP contribution is 2.44. The first kappa shape index (κ1) is 23.1. The summed E-state index contributed by atoms with van der Waals surface area (Å²) < 4.78 is 16.1. The van der Waals surface area contributed by atoms with Crippen LogP contribution in [0.1, 0.15) is 19.3 Å². The number of carbonyl (C=O) groups is 1. The summed E-state index contributed by atoms with van der Waals surface area (Å²) in [6.07, 6.45) is 4.02. The van der Waals surface area contributed by atoms with E-state index in [1.54, 1.807) is 24.4 Å². The zero-order valence-electron chi connectivity index (χ0n) is 19.2. The van der Waals surface area contributed by atoms with Gasteiger partial charge in [-0.15, -0.1) is 0 Å². The number of nitrogens with one attached hydrogen (secondary N) is 1. The minimum Gasteiger partial charge on any atom is -0.496 e. The molecule has 1 unspecified atom stereocenters. The molecule has 10 nitrogen and oxygen atoms in total. The van der Waals surface area contributed by atoms with Crippen molar-refractivity contribution in [2.75, 3.05) is 31.0 Å². The van der Waals surface area contributed by atoms with Gasteiger partial charge in [0, 0.05) is 24.1 Å². The van der Waals surface area contributed by atoms with Gasteiger partial charge in [-0.05, 0) is 61.7 Å². The topological polar surface area (TPSA) is 138 Å². The smallest absolute Gasteiger partial charge is 0.410 e. The molecule has 0 radical (unpaired) electrons. The van der Waals surface area contributed by atoms with Crippen LogP contribution >= 0.6 is 0 Å². The molecule has 2 heterocycles. The first-order chi connectivity index (χ1) is 16.5. The Morgan fingerprint density at radius 1 is 1.06 bits per heavy atom. The van der Waals surface area contributed by atoms with Crippen LogP contribution in [0.3, 0.4) is 0 Å². The minimum absolute atomic E-state index is 0.0480. The Kier molecular flexibility index (Phi) is 6.98. The van der Waals surface area contributed by atoms with E-state index in [1.807, 2.05) is 24.3 Å². The first-order valence-corrected chi connectivity index (χ1v) is 10.9. The molecule has 0 spiro atoms. The lowest BCUT2D eigenvalue weighted by Gasteiger charge is -2.35. The summed E-state index contributed by atoms with van der Waals surface area (Å²) in [6, 6.07) is 12.9. The number of anilines is 3. The Morgan fingerprint density at radius 3 is 2.50 bits per heavy atom. The molecule has 1 amide bonds. The van der Waals surface area contributed by atoms with Gasteiger partial charge in [0.05, 0.1) is 31.6 Å². The minimum atomic E-state index is -0.951. The number of amides is 1. The zero-order chi connectivity index (χ0) is 24.1.